The van der Waals surface area contributed by atoms with Crippen LogP contribution in [0, 0.1) is 20.8 Å². The van der Waals surface area contributed by atoms with Gasteiger partial charge in [-0.1, -0.05) is 13.3 Å². The number of hydrogen-bond acceptors (Lipinski definition) is 9. The third-order valence-electron chi connectivity index (χ3n) is 2.88. The zero-order valence-corrected chi connectivity index (χ0v) is 19.3. The predicted molar refractivity (Wildman–Crippen MR) is 104 cm³/mol. The molecule has 0 N–H and O–H groups in total. The Balaban J connectivity index is -0.0000000900. The summed E-state index contributed by atoms with van der Waals surface area (Å²) in [5, 5.41) is 48.4. The van der Waals surface area contributed by atoms with Crippen LogP contribution in [0.4, 0.5) is 0 Å². The van der Waals surface area contributed by atoms with Gasteiger partial charge in [0.25, 0.3) is 0 Å². The quantitative estimate of drug-likeness (QED) is 0.250. The molecule has 0 spiro atoms. The van der Waals surface area contributed by atoms with Gasteiger partial charge in [0.1, 0.15) is 0 Å². The fraction of sp³-hybridized carbons (Fsp3) is 0.438. The van der Waals surface area contributed by atoms with Gasteiger partial charge in [-0.3, -0.25) is 4.98 Å². The van der Waals surface area contributed by atoms with Crippen LogP contribution < -0.4 is 24.8 Å². The topological polar surface area (TPSA) is 155 Å². The molecule has 0 amide bonds. The Morgan fingerprint density at radius 3 is 1.25 bits per heavy atom. The Morgan fingerprint density at radius 1 is 0.750 bits per heavy atom. The van der Waals surface area contributed by atoms with Gasteiger partial charge in [0, 0.05) is 54.7 Å². The van der Waals surface area contributed by atoms with Crippen molar-refractivity contribution in [3.8, 4) is 0 Å². The molecule has 1 aromatic rings. The Hall–Kier alpha value is -1.77. The predicted octanol–water partition coefficient (Wildman–Crippen LogP) is -2.15. The second kappa shape index (κ2) is 25.2. The zero-order valence-electron chi connectivity index (χ0n) is 16.2. The molecule has 0 fully saturated rings. The molecule has 0 saturated heterocycles. The van der Waals surface area contributed by atoms with E-state index < -0.39 is 0 Å². The van der Waals surface area contributed by atoms with E-state index in [-0.39, 0.29) is 67.1 Å². The van der Waals surface area contributed by atoms with Gasteiger partial charge in [0.2, 0.25) is 0 Å². The molecule has 0 unspecified atom stereocenters. The van der Waals surface area contributed by atoms with E-state index in [9.17, 15) is 20.8 Å². The summed E-state index contributed by atoms with van der Waals surface area (Å²) in [5.41, 5.74) is 1.94. The van der Waals surface area contributed by atoms with Crippen LogP contribution in [0.15, 0.2) is 45.1 Å². The van der Waals surface area contributed by atoms with Crippen LogP contribution in [0.2, 0.25) is 0 Å². The SMILES string of the molecule is CC(=N\[O-])/C(C)=N/[O-].CC(=N\[O-])/C(C)=N/[O-].CCCc1ccncc1.[Cl-].[Cl-].[Rh]. The fourth-order valence-corrected chi connectivity index (χ4v) is 1.10. The van der Waals surface area contributed by atoms with E-state index in [0.29, 0.717) is 0 Å². The Bertz CT molecular complexity index is 536. The van der Waals surface area contributed by atoms with Crippen LogP contribution in [0.1, 0.15) is 46.6 Å². The number of aryl methyl sites for hydroxylation is 1. The Labute approximate surface area is 190 Å². The minimum atomic E-state index is 0. The van der Waals surface area contributed by atoms with Crippen molar-refractivity contribution in [2.45, 2.75) is 47.5 Å². The second-order valence-corrected chi connectivity index (χ2v) is 4.81. The first-order chi connectivity index (χ1) is 11.9. The van der Waals surface area contributed by atoms with Crippen molar-refractivity contribution in [3.63, 3.8) is 0 Å². The second-order valence-electron chi connectivity index (χ2n) is 4.81. The van der Waals surface area contributed by atoms with E-state index in [2.05, 4.69) is 44.7 Å². The van der Waals surface area contributed by atoms with Gasteiger partial charge in [0.05, 0.1) is 0 Å². The van der Waals surface area contributed by atoms with Crippen LogP contribution in [-0.4, -0.2) is 27.8 Å². The summed E-state index contributed by atoms with van der Waals surface area (Å²) in [6.07, 6.45) is 6.06. The maximum atomic E-state index is 9.60. The number of nitrogens with zero attached hydrogens (tertiary/aromatic N) is 5. The van der Waals surface area contributed by atoms with E-state index in [4.69, 9.17) is 0 Å². The molecule has 28 heavy (non-hydrogen) atoms. The Morgan fingerprint density at radius 2 is 1.04 bits per heavy atom. The summed E-state index contributed by atoms with van der Waals surface area (Å²) in [4.78, 5) is 3.93. The number of halogens is 2. The van der Waals surface area contributed by atoms with Crippen LogP contribution in [-0.2, 0) is 25.9 Å². The van der Waals surface area contributed by atoms with Crippen LogP contribution in [0.25, 0.3) is 0 Å². The average Bonchev–Trinajstić information content (AvgIpc) is 2.67. The van der Waals surface area contributed by atoms with Crippen molar-refractivity contribution in [1.82, 2.24) is 4.98 Å². The average molecular weight is 523 g/mol. The summed E-state index contributed by atoms with van der Waals surface area (Å²) < 4.78 is 0. The molecule has 0 atom stereocenters. The van der Waals surface area contributed by atoms with E-state index >= 15 is 0 Å². The summed E-state index contributed by atoms with van der Waals surface area (Å²) in [5.74, 6) is 0. The van der Waals surface area contributed by atoms with Gasteiger partial charge >= 0.3 is 0 Å². The van der Waals surface area contributed by atoms with Crippen molar-refractivity contribution in [1.29, 1.82) is 0 Å². The molecular weight excluding hydrogens is 500 g/mol. The van der Waals surface area contributed by atoms with Crippen LogP contribution in [0.3, 0.4) is 0 Å². The number of aromatic nitrogens is 1. The molecule has 0 aliphatic heterocycles. The molecule has 1 heterocycles. The van der Waals surface area contributed by atoms with Crippen molar-refractivity contribution < 1.29 is 44.3 Å². The molecule has 0 bridgehead atoms. The minimum absolute atomic E-state index is 0. The van der Waals surface area contributed by atoms with Gasteiger partial charge in [-0.2, -0.15) is 0 Å². The number of pyridine rings is 1. The van der Waals surface area contributed by atoms with Crippen molar-refractivity contribution in [2.24, 2.45) is 20.6 Å². The van der Waals surface area contributed by atoms with Crippen molar-refractivity contribution >= 4 is 22.8 Å². The molecular formula is C16H23Cl2N5O4Rh-6. The molecule has 0 aliphatic carbocycles. The molecule has 0 aliphatic rings. The standard InChI is InChI=1S/C8H11N.2C4H8N2O2.2ClH.Rh/c1-2-3-8-4-6-9-7-5-8;2*1-3(5-7)4(2)6-8;;;/h4-7H,2-3H2,1H3;2*7-8H,1-2H3;2*1H;/p-6/b;2*5-3+,6-4+;;;. The summed E-state index contributed by atoms with van der Waals surface area (Å²) in [7, 11) is 0. The molecule has 0 aromatic carbocycles. The van der Waals surface area contributed by atoms with Gasteiger partial charge in [-0.05, 0) is 51.8 Å². The molecule has 9 nitrogen and oxygen atoms in total. The first-order valence-corrected chi connectivity index (χ1v) is 7.45. The van der Waals surface area contributed by atoms with Crippen molar-refractivity contribution in [2.75, 3.05) is 0 Å². The van der Waals surface area contributed by atoms with E-state index in [1.54, 1.807) is 0 Å². The largest absolute Gasteiger partial charge is 1.00 e. The van der Waals surface area contributed by atoms with Gasteiger partial charge in [-0.15, -0.1) is 0 Å². The summed E-state index contributed by atoms with van der Waals surface area (Å²) in [6.45, 7) is 7.92. The zero-order chi connectivity index (χ0) is 19.7. The smallest absolute Gasteiger partial charge is 0.0465 e. The van der Waals surface area contributed by atoms with E-state index in [0.717, 1.165) is 0 Å². The third kappa shape index (κ3) is 20.5. The Kier molecular flexibility index (Phi) is 33.4. The summed E-state index contributed by atoms with van der Waals surface area (Å²) >= 11 is 0. The number of rotatable bonds is 4. The monoisotopic (exact) mass is 522 g/mol. The maximum Gasteiger partial charge on any atom is 0.0465 e. The maximum absolute atomic E-state index is 9.60. The fourth-order valence-electron chi connectivity index (χ4n) is 1.10. The third-order valence-corrected chi connectivity index (χ3v) is 2.88. The van der Waals surface area contributed by atoms with Crippen LogP contribution in [0.5, 0.6) is 0 Å². The van der Waals surface area contributed by atoms with Gasteiger partial charge < -0.3 is 66.3 Å². The molecule has 0 saturated carbocycles. The molecule has 1 aromatic heterocycles. The number of hydrogen-bond donors (Lipinski definition) is 0. The van der Waals surface area contributed by atoms with E-state index in [1.807, 2.05) is 12.4 Å². The van der Waals surface area contributed by atoms with Gasteiger partial charge in [0.15, 0.2) is 0 Å². The minimum Gasteiger partial charge on any atom is -1.00 e. The first-order valence-electron chi connectivity index (χ1n) is 7.45. The van der Waals surface area contributed by atoms with E-state index in [1.165, 1.54) is 46.1 Å². The normalized spacial score (nSPS) is 11.2. The van der Waals surface area contributed by atoms with Gasteiger partial charge in [-0.25, -0.2) is 0 Å². The molecule has 12 heteroatoms. The molecule has 1 rings (SSSR count). The van der Waals surface area contributed by atoms with Crippen molar-refractivity contribution in [3.05, 3.63) is 50.9 Å². The summed E-state index contributed by atoms with van der Waals surface area (Å²) in [6, 6.07) is 4.12. The molecule has 165 valence electrons. The van der Waals surface area contributed by atoms with Crippen LogP contribution >= 0.6 is 0 Å². The first kappa shape index (κ1) is 37.0. The molecule has 1 radical (unpaired) electrons.